The molecule has 3 amide bonds. The van der Waals surface area contributed by atoms with E-state index in [1.54, 1.807) is 17.0 Å². The second kappa shape index (κ2) is 7.74. The SMILES string of the molecule is O=C(NCC(=O)N1CCCC(O)C1)NCc1ccc(F)cc1. The minimum atomic E-state index is -0.481. The van der Waals surface area contributed by atoms with E-state index in [1.165, 1.54) is 12.1 Å². The van der Waals surface area contributed by atoms with E-state index in [0.717, 1.165) is 12.0 Å². The lowest BCUT2D eigenvalue weighted by molar-refractivity contribution is -0.133. The molecule has 0 radical (unpaired) electrons. The number of aliphatic hydroxyl groups is 1. The van der Waals surface area contributed by atoms with Crippen LogP contribution in [0.15, 0.2) is 24.3 Å². The molecule has 0 saturated carbocycles. The van der Waals surface area contributed by atoms with Crippen LogP contribution in [-0.2, 0) is 11.3 Å². The number of piperidine rings is 1. The lowest BCUT2D eigenvalue weighted by Gasteiger charge is -2.30. The number of benzene rings is 1. The molecule has 22 heavy (non-hydrogen) atoms. The van der Waals surface area contributed by atoms with Gasteiger partial charge in [0.15, 0.2) is 0 Å². The summed E-state index contributed by atoms with van der Waals surface area (Å²) in [6.07, 6.45) is 0.990. The number of urea groups is 1. The van der Waals surface area contributed by atoms with E-state index < -0.39 is 12.1 Å². The molecule has 0 spiro atoms. The number of nitrogens with zero attached hydrogens (tertiary/aromatic N) is 1. The van der Waals surface area contributed by atoms with Crippen LogP contribution >= 0.6 is 0 Å². The number of hydrogen-bond acceptors (Lipinski definition) is 3. The number of nitrogens with one attached hydrogen (secondary N) is 2. The lowest BCUT2D eigenvalue weighted by Crippen LogP contribution is -2.48. The fraction of sp³-hybridized carbons (Fsp3) is 0.467. The number of likely N-dealkylation sites (tertiary alicyclic amines) is 1. The minimum absolute atomic E-state index is 0.109. The predicted molar refractivity (Wildman–Crippen MR) is 78.5 cm³/mol. The maximum atomic E-state index is 12.7. The van der Waals surface area contributed by atoms with Crippen LogP contribution in [0.25, 0.3) is 0 Å². The van der Waals surface area contributed by atoms with Crippen LogP contribution < -0.4 is 10.6 Å². The van der Waals surface area contributed by atoms with Gasteiger partial charge in [-0.1, -0.05) is 12.1 Å². The van der Waals surface area contributed by atoms with Crippen molar-refractivity contribution in [1.82, 2.24) is 15.5 Å². The Bertz CT molecular complexity index is 521. The monoisotopic (exact) mass is 309 g/mol. The second-order valence-corrected chi connectivity index (χ2v) is 5.30. The number of β-amino-alcohol motifs (C(OH)–C–C–N with tert-alkyl or cyclic N) is 1. The molecule has 1 saturated heterocycles. The summed E-state index contributed by atoms with van der Waals surface area (Å²) in [6, 6.07) is 5.33. The van der Waals surface area contributed by atoms with Crippen LogP contribution in [0.2, 0.25) is 0 Å². The summed E-state index contributed by atoms with van der Waals surface area (Å²) >= 11 is 0. The first-order chi connectivity index (χ1) is 10.5. The molecule has 1 aromatic carbocycles. The van der Waals surface area contributed by atoms with Crippen LogP contribution in [0.3, 0.4) is 0 Å². The first-order valence-corrected chi connectivity index (χ1v) is 7.26. The van der Waals surface area contributed by atoms with Gasteiger partial charge >= 0.3 is 6.03 Å². The molecule has 3 N–H and O–H groups in total. The van der Waals surface area contributed by atoms with Gasteiger partial charge in [0.2, 0.25) is 5.91 Å². The van der Waals surface area contributed by atoms with Gasteiger partial charge in [-0.25, -0.2) is 9.18 Å². The van der Waals surface area contributed by atoms with Crippen molar-refractivity contribution in [3.63, 3.8) is 0 Å². The van der Waals surface area contributed by atoms with Gasteiger partial charge in [0.1, 0.15) is 5.82 Å². The third-order valence-electron chi connectivity index (χ3n) is 3.52. The van der Waals surface area contributed by atoms with Gasteiger partial charge in [0.05, 0.1) is 12.6 Å². The number of amides is 3. The number of halogens is 1. The predicted octanol–water partition coefficient (Wildman–Crippen LogP) is 0.608. The van der Waals surface area contributed by atoms with Crippen molar-refractivity contribution >= 4 is 11.9 Å². The molecule has 1 aliphatic rings. The average molecular weight is 309 g/mol. The number of hydrogen-bond donors (Lipinski definition) is 3. The van der Waals surface area contributed by atoms with Crippen molar-refractivity contribution in [1.29, 1.82) is 0 Å². The van der Waals surface area contributed by atoms with Crippen molar-refractivity contribution in [3.8, 4) is 0 Å². The molecule has 1 atom stereocenters. The van der Waals surface area contributed by atoms with Gasteiger partial charge in [-0.2, -0.15) is 0 Å². The molecule has 1 unspecified atom stereocenters. The van der Waals surface area contributed by atoms with Gasteiger partial charge in [0, 0.05) is 19.6 Å². The number of aliphatic hydroxyl groups excluding tert-OH is 1. The zero-order valence-electron chi connectivity index (χ0n) is 12.2. The maximum Gasteiger partial charge on any atom is 0.315 e. The first-order valence-electron chi connectivity index (χ1n) is 7.26. The van der Waals surface area contributed by atoms with E-state index in [0.29, 0.717) is 19.5 Å². The first kappa shape index (κ1) is 16.2. The van der Waals surface area contributed by atoms with Crippen molar-refractivity contribution in [2.24, 2.45) is 0 Å². The number of rotatable bonds is 4. The van der Waals surface area contributed by atoms with Gasteiger partial charge < -0.3 is 20.6 Å². The van der Waals surface area contributed by atoms with E-state index in [2.05, 4.69) is 10.6 Å². The smallest absolute Gasteiger partial charge is 0.315 e. The Morgan fingerprint density at radius 3 is 2.68 bits per heavy atom. The van der Waals surface area contributed by atoms with E-state index in [9.17, 15) is 19.1 Å². The van der Waals surface area contributed by atoms with E-state index in [-0.39, 0.29) is 24.8 Å². The molecule has 7 heteroatoms. The molecule has 2 rings (SSSR count). The van der Waals surface area contributed by atoms with Crippen LogP contribution in [-0.4, -0.2) is 47.7 Å². The van der Waals surface area contributed by atoms with E-state index in [4.69, 9.17) is 0 Å². The summed E-state index contributed by atoms with van der Waals surface area (Å²) in [5.41, 5.74) is 0.766. The highest BCUT2D eigenvalue weighted by molar-refractivity contribution is 5.84. The fourth-order valence-corrected chi connectivity index (χ4v) is 2.30. The van der Waals surface area contributed by atoms with Crippen LogP contribution in [0, 0.1) is 5.82 Å². The summed E-state index contributed by atoms with van der Waals surface area (Å²) in [6.45, 7) is 1.07. The highest BCUT2D eigenvalue weighted by Gasteiger charge is 2.21. The highest BCUT2D eigenvalue weighted by atomic mass is 19.1. The topological polar surface area (TPSA) is 81.7 Å². The zero-order chi connectivity index (χ0) is 15.9. The minimum Gasteiger partial charge on any atom is -0.391 e. The summed E-state index contributed by atoms with van der Waals surface area (Å²) in [7, 11) is 0. The Labute approximate surface area is 128 Å². The fourth-order valence-electron chi connectivity index (χ4n) is 2.30. The molecule has 1 aromatic rings. The lowest BCUT2D eigenvalue weighted by atomic mass is 10.1. The normalized spacial score (nSPS) is 17.9. The Morgan fingerprint density at radius 2 is 2.00 bits per heavy atom. The third-order valence-corrected chi connectivity index (χ3v) is 3.52. The van der Waals surface area contributed by atoms with Crippen LogP contribution in [0.4, 0.5) is 9.18 Å². The summed E-state index contributed by atoms with van der Waals surface area (Å²) in [4.78, 5) is 25.1. The molecule has 6 nitrogen and oxygen atoms in total. The van der Waals surface area contributed by atoms with E-state index >= 15 is 0 Å². The molecular weight excluding hydrogens is 289 g/mol. The summed E-state index contributed by atoms with van der Waals surface area (Å²) in [5, 5.41) is 14.6. The summed E-state index contributed by atoms with van der Waals surface area (Å²) < 4.78 is 12.7. The number of carbonyl (C=O) groups excluding carboxylic acids is 2. The third kappa shape index (κ3) is 5.00. The Kier molecular flexibility index (Phi) is 5.71. The van der Waals surface area contributed by atoms with Gasteiger partial charge in [-0.15, -0.1) is 0 Å². The molecule has 0 bridgehead atoms. The number of carbonyl (C=O) groups is 2. The average Bonchev–Trinajstić information content (AvgIpc) is 2.52. The quantitative estimate of drug-likeness (QED) is 0.762. The molecule has 1 heterocycles. The standard InChI is InChI=1S/C15H20FN3O3/c16-12-5-3-11(4-6-12)8-17-15(22)18-9-14(21)19-7-1-2-13(20)10-19/h3-6,13,20H,1-2,7-10H2,(H2,17,18,22). The van der Waals surface area contributed by atoms with Crippen molar-refractivity contribution in [3.05, 3.63) is 35.6 Å². The van der Waals surface area contributed by atoms with E-state index in [1.807, 2.05) is 0 Å². The molecule has 1 aliphatic heterocycles. The second-order valence-electron chi connectivity index (χ2n) is 5.30. The largest absolute Gasteiger partial charge is 0.391 e. The zero-order valence-corrected chi connectivity index (χ0v) is 12.2. The molecule has 120 valence electrons. The van der Waals surface area contributed by atoms with Gasteiger partial charge in [-0.3, -0.25) is 4.79 Å². The molecule has 0 aromatic heterocycles. The van der Waals surface area contributed by atoms with Crippen molar-refractivity contribution < 1.29 is 19.1 Å². The molecule has 1 fully saturated rings. The Hall–Kier alpha value is -2.15. The molecule has 0 aliphatic carbocycles. The Morgan fingerprint density at radius 1 is 1.27 bits per heavy atom. The Balaban J connectivity index is 1.68. The van der Waals surface area contributed by atoms with Crippen LogP contribution in [0.5, 0.6) is 0 Å². The van der Waals surface area contributed by atoms with Crippen molar-refractivity contribution in [2.75, 3.05) is 19.6 Å². The van der Waals surface area contributed by atoms with Gasteiger partial charge in [0.25, 0.3) is 0 Å². The summed E-state index contributed by atoms with van der Waals surface area (Å²) in [5.74, 6) is -0.543. The van der Waals surface area contributed by atoms with Gasteiger partial charge in [-0.05, 0) is 30.5 Å². The van der Waals surface area contributed by atoms with Crippen molar-refractivity contribution in [2.45, 2.75) is 25.5 Å². The molecular formula is C15H20FN3O3. The maximum absolute atomic E-state index is 12.7. The highest BCUT2D eigenvalue weighted by Crippen LogP contribution is 2.09. The van der Waals surface area contributed by atoms with Crippen LogP contribution in [0.1, 0.15) is 18.4 Å².